The zero-order valence-corrected chi connectivity index (χ0v) is 12.6. The second-order valence-electron chi connectivity index (χ2n) is 3.68. The van der Waals surface area contributed by atoms with E-state index in [1.54, 1.807) is 6.07 Å². The van der Waals surface area contributed by atoms with Crippen LogP contribution in [0.2, 0.25) is 4.34 Å². The monoisotopic (exact) mass is 330 g/mol. The third-order valence-electron chi connectivity index (χ3n) is 2.17. The second kappa shape index (κ2) is 7.37. The number of thioether (sulfide) groups is 1. The average Bonchev–Trinajstić information content (AvgIpc) is 3.07. The molecule has 0 atom stereocenters. The van der Waals surface area contributed by atoms with Gasteiger partial charge < -0.3 is 4.42 Å². The lowest BCUT2D eigenvalue weighted by molar-refractivity contribution is -0.119. The van der Waals surface area contributed by atoms with Crippen LogP contribution >= 0.6 is 34.7 Å². The second-order valence-corrected chi connectivity index (χ2v) is 6.46. The Balaban J connectivity index is 1.64. The molecule has 0 radical (unpaired) electrons. The molecule has 2 aromatic heterocycles. The summed E-state index contributed by atoms with van der Waals surface area (Å²) in [5.74, 6) is 0.326. The Morgan fingerprint density at radius 3 is 2.80 bits per heavy atom. The SMILES string of the molecule is O=C(CSCc1ccc(Cl)s1)NNC(=O)c1ccco1. The molecule has 2 amide bonds. The van der Waals surface area contributed by atoms with E-state index < -0.39 is 5.91 Å². The third kappa shape index (κ3) is 4.59. The lowest BCUT2D eigenvalue weighted by atomic mass is 10.4. The fourth-order valence-corrected chi connectivity index (χ4v) is 3.33. The molecule has 0 aliphatic heterocycles. The van der Waals surface area contributed by atoms with E-state index in [1.165, 1.54) is 35.4 Å². The topological polar surface area (TPSA) is 71.3 Å². The molecule has 0 saturated carbocycles. The molecule has 0 aromatic carbocycles. The summed E-state index contributed by atoms with van der Waals surface area (Å²) in [4.78, 5) is 24.1. The standard InChI is InChI=1S/C12H11ClN2O3S2/c13-10-4-3-8(20-10)6-19-7-11(16)14-15-12(17)9-2-1-5-18-9/h1-5H,6-7H2,(H,14,16)(H,15,17). The number of hydrogen-bond donors (Lipinski definition) is 2. The number of carbonyl (C=O) groups is 2. The smallest absolute Gasteiger partial charge is 0.305 e. The number of nitrogens with one attached hydrogen (secondary N) is 2. The molecule has 0 saturated heterocycles. The minimum absolute atomic E-state index is 0.145. The highest BCUT2D eigenvalue weighted by Gasteiger charge is 2.09. The van der Waals surface area contributed by atoms with Crippen molar-refractivity contribution in [2.45, 2.75) is 5.75 Å². The Hall–Kier alpha value is -1.44. The molecule has 2 N–H and O–H groups in total. The summed E-state index contributed by atoms with van der Waals surface area (Å²) in [6.07, 6.45) is 1.39. The maximum Gasteiger partial charge on any atom is 0.305 e. The zero-order valence-electron chi connectivity index (χ0n) is 10.2. The first-order chi connectivity index (χ1) is 9.65. The normalized spacial score (nSPS) is 10.2. The minimum atomic E-state index is -0.488. The highest BCUT2D eigenvalue weighted by atomic mass is 35.5. The zero-order chi connectivity index (χ0) is 14.4. The van der Waals surface area contributed by atoms with E-state index in [1.807, 2.05) is 12.1 Å². The Morgan fingerprint density at radius 1 is 1.30 bits per heavy atom. The predicted molar refractivity (Wildman–Crippen MR) is 79.8 cm³/mol. The number of furan rings is 1. The van der Waals surface area contributed by atoms with Crippen molar-refractivity contribution in [3.05, 3.63) is 45.5 Å². The quantitative estimate of drug-likeness (QED) is 0.827. The van der Waals surface area contributed by atoms with Gasteiger partial charge in [0.05, 0.1) is 16.4 Å². The van der Waals surface area contributed by atoms with Gasteiger partial charge in [0.1, 0.15) is 0 Å². The molecule has 106 valence electrons. The van der Waals surface area contributed by atoms with Crippen molar-refractivity contribution in [2.75, 3.05) is 5.75 Å². The maximum absolute atomic E-state index is 11.5. The summed E-state index contributed by atoms with van der Waals surface area (Å²) in [5, 5.41) is 0. The number of carbonyl (C=O) groups excluding carboxylic acids is 2. The van der Waals surface area contributed by atoms with Crippen LogP contribution in [0.1, 0.15) is 15.4 Å². The summed E-state index contributed by atoms with van der Waals surface area (Å²) in [6.45, 7) is 0. The highest BCUT2D eigenvalue weighted by Crippen LogP contribution is 2.24. The molecule has 2 aromatic rings. The lowest BCUT2D eigenvalue weighted by Crippen LogP contribution is -2.42. The van der Waals surface area contributed by atoms with E-state index in [2.05, 4.69) is 10.9 Å². The molecule has 0 unspecified atom stereocenters. The van der Waals surface area contributed by atoms with Gasteiger partial charge in [0.25, 0.3) is 0 Å². The van der Waals surface area contributed by atoms with Crippen molar-refractivity contribution < 1.29 is 14.0 Å². The molecule has 20 heavy (non-hydrogen) atoms. The Morgan fingerprint density at radius 2 is 2.15 bits per heavy atom. The summed E-state index contributed by atoms with van der Waals surface area (Å²) in [6, 6.07) is 6.86. The van der Waals surface area contributed by atoms with E-state index >= 15 is 0 Å². The number of thiophene rings is 1. The van der Waals surface area contributed by atoms with Crippen molar-refractivity contribution in [2.24, 2.45) is 0 Å². The highest BCUT2D eigenvalue weighted by molar-refractivity contribution is 7.99. The van der Waals surface area contributed by atoms with Gasteiger partial charge >= 0.3 is 5.91 Å². The average molecular weight is 331 g/mol. The van der Waals surface area contributed by atoms with Crippen LogP contribution in [0.25, 0.3) is 0 Å². The molecule has 0 aliphatic carbocycles. The first-order valence-corrected chi connectivity index (χ1v) is 7.94. The van der Waals surface area contributed by atoms with Crippen LogP contribution in [-0.4, -0.2) is 17.6 Å². The first kappa shape index (κ1) is 15.0. The summed E-state index contributed by atoms with van der Waals surface area (Å²) >= 11 is 8.74. The fourth-order valence-electron chi connectivity index (χ4n) is 1.31. The van der Waals surface area contributed by atoms with Crippen molar-refractivity contribution in [3.8, 4) is 0 Å². The summed E-state index contributed by atoms with van der Waals surface area (Å²) < 4.78 is 5.62. The number of rotatable bonds is 5. The molecule has 5 nitrogen and oxygen atoms in total. The van der Waals surface area contributed by atoms with Crippen LogP contribution in [0.3, 0.4) is 0 Å². The van der Waals surface area contributed by atoms with Gasteiger partial charge in [-0.1, -0.05) is 11.6 Å². The fraction of sp³-hybridized carbons (Fsp3) is 0.167. The Kier molecular flexibility index (Phi) is 5.51. The van der Waals surface area contributed by atoms with Gasteiger partial charge in [-0.3, -0.25) is 20.4 Å². The van der Waals surface area contributed by atoms with E-state index in [9.17, 15) is 9.59 Å². The summed E-state index contributed by atoms with van der Waals surface area (Å²) in [5.41, 5.74) is 4.59. The number of amides is 2. The molecule has 0 bridgehead atoms. The van der Waals surface area contributed by atoms with Crippen molar-refractivity contribution in [1.82, 2.24) is 10.9 Å². The van der Waals surface area contributed by atoms with E-state index in [0.717, 1.165) is 9.21 Å². The minimum Gasteiger partial charge on any atom is -0.459 e. The Labute approximate surface area is 128 Å². The molecule has 0 fully saturated rings. The van der Waals surface area contributed by atoms with Crippen LogP contribution < -0.4 is 10.9 Å². The molecule has 0 aliphatic rings. The van der Waals surface area contributed by atoms with Crippen LogP contribution in [0.15, 0.2) is 34.9 Å². The molecule has 0 spiro atoms. The van der Waals surface area contributed by atoms with Crippen LogP contribution in [0, 0.1) is 0 Å². The van der Waals surface area contributed by atoms with Gasteiger partial charge in [-0.05, 0) is 24.3 Å². The molecule has 2 heterocycles. The number of halogens is 1. The van der Waals surface area contributed by atoms with Gasteiger partial charge in [0, 0.05) is 10.6 Å². The molecule has 8 heteroatoms. The predicted octanol–water partition coefficient (Wildman–Crippen LogP) is 2.69. The van der Waals surface area contributed by atoms with Crippen molar-refractivity contribution >= 4 is 46.5 Å². The third-order valence-corrected chi connectivity index (χ3v) is 4.56. The van der Waals surface area contributed by atoms with Gasteiger partial charge in [0.2, 0.25) is 5.91 Å². The van der Waals surface area contributed by atoms with Gasteiger partial charge in [-0.15, -0.1) is 23.1 Å². The largest absolute Gasteiger partial charge is 0.459 e. The molecule has 2 rings (SSSR count). The Bertz CT molecular complexity index is 583. The molecular weight excluding hydrogens is 320 g/mol. The van der Waals surface area contributed by atoms with Gasteiger partial charge in [-0.25, -0.2) is 0 Å². The lowest BCUT2D eigenvalue weighted by Gasteiger charge is -2.05. The summed E-state index contributed by atoms with van der Waals surface area (Å²) in [7, 11) is 0. The van der Waals surface area contributed by atoms with Crippen LogP contribution in [0.5, 0.6) is 0 Å². The van der Waals surface area contributed by atoms with E-state index in [4.69, 9.17) is 16.0 Å². The van der Waals surface area contributed by atoms with Gasteiger partial charge in [-0.2, -0.15) is 0 Å². The van der Waals surface area contributed by atoms with Gasteiger partial charge in [0.15, 0.2) is 5.76 Å². The number of hydrazine groups is 1. The van der Waals surface area contributed by atoms with E-state index in [-0.39, 0.29) is 17.4 Å². The number of hydrogen-bond acceptors (Lipinski definition) is 5. The molecular formula is C12H11ClN2O3S2. The van der Waals surface area contributed by atoms with Crippen LogP contribution in [-0.2, 0) is 10.5 Å². The maximum atomic E-state index is 11.5. The first-order valence-electron chi connectivity index (χ1n) is 5.60. The van der Waals surface area contributed by atoms with Crippen molar-refractivity contribution in [3.63, 3.8) is 0 Å². The van der Waals surface area contributed by atoms with Crippen LogP contribution in [0.4, 0.5) is 0 Å². The van der Waals surface area contributed by atoms with Crippen molar-refractivity contribution in [1.29, 1.82) is 0 Å². The van der Waals surface area contributed by atoms with E-state index in [0.29, 0.717) is 5.75 Å².